The molecule has 0 radical (unpaired) electrons. The van der Waals surface area contributed by atoms with Crippen molar-refractivity contribution in [3.05, 3.63) is 42.2 Å². The molecule has 2 rings (SSSR count). The smallest absolute Gasteiger partial charge is 0.163 e. The first-order valence-electron chi connectivity index (χ1n) is 13.8. The Morgan fingerprint density at radius 3 is 2.24 bits per heavy atom. The van der Waals surface area contributed by atoms with Crippen molar-refractivity contribution < 1.29 is 4.74 Å². The highest BCUT2D eigenvalue weighted by Gasteiger charge is 2.10. The Morgan fingerprint density at radius 1 is 0.788 bits per heavy atom. The minimum atomic E-state index is 0.760. The van der Waals surface area contributed by atoms with Crippen molar-refractivity contribution in [2.75, 3.05) is 6.61 Å². The third-order valence-electron chi connectivity index (χ3n) is 6.67. The molecule has 0 aliphatic rings. The van der Waals surface area contributed by atoms with Gasteiger partial charge in [0.1, 0.15) is 5.75 Å². The third-order valence-corrected chi connectivity index (χ3v) is 6.67. The quantitative estimate of drug-likeness (QED) is 0.199. The molecule has 1 atom stereocenters. The number of rotatable bonds is 19. The predicted octanol–water partition coefficient (Wildman–Crippen LogP) is 9.20. The lowest BCUT2D eigenvalue weighted by molar-refractivity contribution is 0.303. The summed E-state index contributed by atoms with van der Waals surface area (Å²) in [6.07, 6.45) is 21.3. The van der Waals surface area contributed by atoms with Gasteiger partial charge >= 0.3 is 0 Å². The fourth-order valence-electron chi connectivity index (χ4n) is 4.22. The molecule has 0 aliphatic heterocycles. The topological polar surface area (TPSA) is 35.0 Å². The molecule has 0 bridgehead atoms. The van der Waals surface area contributed by atoms with E-state index in [0.717, 1.165) is 48.2 Å². The third kappa shape index (κ3) is 11.7. The second-order valence-electron chi connectivity index (χ2n) is 9.66. The van der Waals surface area contributed by atoms with E-state index in [1.54, 1.807) is 0 Å². The molecular weight excluding hydrogens is 404 g/mol. The van der Waals surface area contributed by atoms with Crippen LogP contribution >= 0.6 is 0 Å². The predicted molar refractivity (Wildman–Crippen MR) is 142 cm³/mol. The molecule has 0 saturated heterocycles. The summed E-state index contributed by atoms with van der Waals surface area (Å²) in [5, 5.41) is 0. The van der Waals surface area contributed by atoms with E-state index in [2.05, 4.69) is 37.9 Å². The molecule has 1 heterocycles. The number of unbranched alkanes of at least 4 members (excludes halogenated alkanes) is 10. The van der Waals surface area contributed by atoms with Crippen LogP contribution in [0.1, 0.15) is 116 Å². The minimum absolute atomic E-state index is 0.760. The number of aryl methyl sites for hydroxylation is 1. The summed E-state index contributed by atoms with van der Waals surface area (Å²) in [4.78, 5) is 9.43. The standard InChI is InChI=1S/C30H48N2O/c1-4-6-7-8-9-10-11-12-15-20-27-23-24-31-30(32-27)28-21-16-17-22-29(28)33-25-18-13-14-19-26(3)5-2/h16-17,21-24,26H,4-15,18-20,25H2,1-3H3. The second kappa shape index (κ2) is 17.6. The fourth-order valence-corrected chi connectivity index (χ4v) is 4.22. The lowest BCUT2D eigenvalue weighted by Crippen LogP contribution is -2.01. The van der Waals surface area contributed by atoms with E-state index in [0.29, 0.717) is 0 Å². The number of hydrogen-bond donors (Lipinski definition) is 0. The normalized spacial score (nSPS) is 12.1. The summed E-state index contributed by atoms with van der Waals surface area (Å²) in [6.45, 7) is 7.66. The summed E-state index contributed by atoms with van der Waals surface area (Å²) in [5.74, 6) is 2.53. The van der Waals surface area contributed by atoms with Gasteiger partial charge in [-0.15, -0.1) is 0 Å². The number of benzene rings is 1. The van der Waals surface area contributed by atoms with Gasteiger partial charge in [-0.05, 0) is 43.4 Å². The number of aromatic nitrogens is 2. The van der Waals surface area contributed by atoms with E-state index >= 15 is 0 Å². The van der Waals surface area contributed by atoms with Gasteiger partial charge in [0, 0.05) is 11.9 Å². The Kier molecular flexibility index (Phi) is 14.6. The molecule has 1 aromatic heterocycles. The minimum Gasteiger partial charge on any atom is -0.493 e. The van der Waals surface area contributed by atoms with Gasteiger partial charge < -0.3 is 4.74 Å². The molecular formula is C30H48N2O. The molecule has 0 amide bonds. The van der Waals surface area contributed by atoms with Crippen LogP contribution in [-0.4, -0.2) is 16.6 Å². The number of ether oxygens (including phenoxy) is 1. The summed E-state index contributed by atoms with van der Waals surface area (Å²) in [5.41, 5.74) is 2.15. The SMILES string of the molecule is CCCCCCCCCCCc1ccnc(-c2ccccc2OCCCCCC(C)CC)n1. The Morgan fingerprint density at radius 2 is 1.48 bits per heavy atom. The van der Waals surface area contributed by atoms with E-state index in [-0.39, 0.29) is 0 Å². The van der Waals surface area contributed by atoms with Crippen molar-refractivity contribution in [3.8, 4) is 17.1 Å². The molecule has 0 aliphatic carbocycles. The van der Waals surface area contributed by atoms with Crippen molar-refractivity contribution in [2.45, 2.75) is 117 Å². The van der Waals surface area contributed by atoms with Gasteiger partial charge in [0.25, 0.3) is 0 Å². The Hall–Kier alpha value is -1.90. The van der Waals surface area contributed by atoms with Crippen molar-refractivity contribution >= 4 is 0 Å². The summed E-state index contributed by atoms with van der Waals surface area (Å²) in [7, 11) is 0. The van der Waals surface area contributed by atoms with Gasteiger partial charge in [0.2, 0.25) is 0 Å². The first-order valence-corrected chi connectivity index (χ1v) is 13.8. The van der Waals surface area contributed by atoms with Crippen LogP contribution < -0.4 is 4.74 Å². The van der Waals surface area contributed by atoms with Crippen molar-refractivity contribution in [2.24, 2.45) is 5.92 Å². The molecule has 0 N–H and O–H groups in total. The molecule has 0 saturated carbocycles. The van der Waals surface area contributed by atoms with E-state index in [9.17, 15) is 0 Å². The van der Waals surface area contributed by atoms with Crippen LogP contribution in [0.4, 0.5) is 0 Å². The molecule has 33 heavy (non-hydrogen) atoms. The first-order chi connectivity index (χ1) is 16.2. The zero-order chi connectivity index (χ0) is 23.6. The lowest BCUT2D eigenvalue weighted by atomic mass is 10.0. The van der Waals surface area contributed by atoms with E-state index in [1.165, 1.54) is 83.5 Å². The number of para-hydroxylation sites is 1. The van der Waals surface area contributed by atoms with E-state index in [1.807, 2.05) is 24.4 Å². The van der Waals surface area contributed by atoms with Crippen LogP contribution in [0.15, 0.2) is 36.5 Å². The van der Waals surface area contributed by atoms with Gasteiger partial charge in [-0.25, -0.2) is 9.97 Å². The average Bonchev–Trinajstić information content (AvgIpc) is 2.85. The Balaban J connectivity index is 1.75. The maximum atomic E-state index is 6.15. The molecule has 3 nitrogen and oxygen atoms in total. The lowest BCUT2D eigenvalue weighted by Gasteiger charge is -2.12. The molecule has 2 aromatic rings. The van der Waals surface area contributed by atoms with Crippen LogP contribution in [-0.2, 0) is 6.42 Å². The molecule has 3 heteroatoms. The maximum Gasteiger partial charge on any atom is 0.163 e. The van der Waals surface area contributed by atoms with Crippen molar-refractivity contribution in [3.63, 3.8) is 0 Å². The highest BCUT2D eigenvalue weighted by atomic mass is 16.5. The average molecular weight is 453 g/mol. The van der Waals surface area contributed by atoms with Crippen LogP contribution in [0.2, 0.25) is 0 Å². The van der Waals surface area contributed by atoms with Gasteiger partial charge in [-0.1, -0.05) is 110 Å². The molecule has 0 fully saturated rings. The van der Waals surface area contributed by atoms with E-state index < -0.39 is 0 Å². The second-order valence-corrected chi connectivity index (χ2v) is 9.66. The molecule has 1 unspecified atom stereocenters. The van der Waals surface area contributed by atoms with Gasteiger partial charge in [0.15, 0.2) is 5.82 Å². The summed E-state index contributed by atoms with van der Waals surface area (Å²) < 4.78 is 6.15. The zero-order valence-electron chi connectivity index (χ0n) is 21.7. The largest absolute Gasteiger partial charge is 0.493 e. The number of nitrogens with zero attached hydrogens (tertiary/aromatic N) is 2. The Bertz CT molecular complexity index is 746. The van der Waals surface area contributed by atoms with Gasteiger partial charge in [0.05, 0.1) is 12.2 Å². The van der Waals surface area contributed by atoms with Crippen LogP contribution in [0.5, 0.6) is 5.75 Å². The van der Waals surface area contributed by atoms with Crippen LogP contribution in [0, 0.1) is 5.92 Å². The maximum absolute atomic E-state index is 6.15. The fraction of sp³-hybridized carbons (Fsp3) is 0.667. The summed E-state index contributed by atoms with van der Waals surface area (Å²) in [6, 6.07) is 10.3. The van der Waals surface area contributed by atoms with Crippen LogP contribution in [0.3, 0.4) is 0 Å². The Labute approximate surface area is 203 Å². The highest BCUT2D eigenvalue weighted by molar-refractivity contribution is 5.63. The number of hydrogen-bond acceptors (Lipinski definition) is 3. The van der Waals surface area contributed by atoms with Gasteiger partial charge in [-0.3, -0.25) is 0 Å². The monoisotopic (exact) mass is 452 g/mol. The van der Waals surface area contributed by atoms with Crippen molar-refractivity contribution in [1.82, 2.24) is 9.97 Å². The first kappa shape index (κ1) is 27.3. The highest BCUT2D eigenvalue weighted by Crippen LogP contribution is 2.27. The molecule has 1 aromatic carbocycles. The zero-order valence-corrected chi connectivity index (χ0v) is 21.7. The summed E-state index contributed by atoms with van der Waals surface area (Å²) >= 11 is 0. The molecule has 0 spiro atoms. The van der Waals surface area contributed by atoms with Gasteiger partial charge in [-0.2, -0.15) is 0 Å². The van der Waals surface area contributed by atoms with Crippen LogP contribution in [0.25, 0.3) is 11.4 Å². The van der Waals surface area contributed by atoms with E-state index in [4.69, 9.17) is 9.72 Å². The molecule has 184 valence electrons. The van der Waals surface area contributed by atoms with Crippen molar-refractivity contribution in [1.29, 1.82) is 0 Å².